The van der Waals surface area contributed by atoms with Gasteiger partial charge in [-0.3, -0.25) is 4.79 Å². The maximum atomic E-state index is 12.4. The van der Waals surface area contributed by atoms with Gasteiger partial charge in [-0.05, 0) is 49.9 Å². The highest BCUT2D eigenvalue weighted by molar-refractivity contribution is 5.79. The number of hydrogen-bond acceptors (Lipinski definition) is 5. The van der Waals surface area contributed by atoms with Crippen molar-refractivity contribution < 1.29 is 9.53 Å². The molecule has 6 nitrogen and oxygen atoms in total. The highest BCUT2D eigenvalue weighted by Gasteiger charge is 2.25. The summed E-state index contributed by atoms with van der Waals surface area (Å²) < 4.78 is 5.35. The fourth-order valence-electron chi connectivity index (χ4n) is 3.31. The molecule has 0 unspecified atom stereocenters. The lowest BCUT2D eigenvalue weighted by atomic mass is 9.96. The van der Waals surface area contributed by atoms with E-state index < -0.39 is 0 Å². The van der Waals surface area contributed by atoms with Crippen LogP contribution in [0.5, 0.6) is 5.75 Å². The van der Waals surface area contributed by atoms with Crippen LogP contribution in [0.4, 0.5) is 5.82 Å². The summed E-state index contributed by atoms with van der Waals surface area (Å²) in [7, 11) is 1.67. The van der Waals surface area contributed by atoms with Crippen LogP contribution < -0.4 is 15.0 Å². The molecule has 1 aliphatic heterocycles. The lowest BCUT2D eigenvalue weighted by Gasteiger charge is -2.31. The largest absolute Gasteiger partial charge is 0.496 e. The number of nitrogens with one attached hydrogen (secondary N) is 1. The number of para-hydroxylation sites is 1. The Morgan fingerprint density at radius 3 is 2.65 bits per heavy atom. The molecule has 3 rings (SSSR count). The zero-order valence-corrected chi connectivity index (χ0v) is 15.4. The molecule has 1 aromatic heterocycles. The summed E-state index contributed by atoms with van der Waals surface area (Å²) in [6.07, 6.45) is 2.46. The van der Waals surface area contributed by atoms with E-state index in [1.54, 1.807) is 7.11 Å². The predicted molar refractivity (Wildman–Crippen MR) is 101 cm³/mol. The molecule has 0 atom stereocenters. The van der Waals surface area contributed by atoms with E-state index in [1.807, 2.05) is 43.3 Å². The van der Waals surface area contributed by atoms with Crippen LogP contribution in [0.2, 0.25) is 0 Å². The second-order valence-electron chi connectivity index (χ2n) is 6.65. The molecule has 0 bridgehead atoms. The summed E-state index contributed by atoms with van der Waals surface area (Å²) >= 11 is 0. The van der Waals surface area contributed by atoms with Gasteiger partial charge in [0, 0.05) is 25.6 Å². The minimum absolute atomic E-state index is 0.0716. The molecule has 1 aromatic carbocycles. The molecule has 1 aliphatic rings. The number of aryl methyl sites for hydroxylation is 1. The summed E-state index contributed by atoms with van der Waals surface area (Å²) in [4.78, 5) is 14.6. The van der Waals surface area contributed by atoms with E-state index in [1.165, 1.54) is 0 Å². The molecule has 2 heterocycles. The molecule has 0 radical (unpaired) electrons. The predicted octanol–water partition coefficient (Wildman–Crippen LogP) is 2.37. The van der Waals surface area contributed by atoms with E-state index in [2.05, 4.69) is 20.4 Å². The zero-order valence-electron chi connectivity index (χ0n) is 15.4. The van der Waals surface area contributed by atoms with Crippen molar-refractivity contribution in [2.24, 2.45) is 5.92 Å². The number of methoxy groups -OCH3 is 1. The van der Waals surface area contributed by atoms with Crippen molar-refractivity contribution in [2.45, 2.75) is 26.2 Å². The first-order chi connectivity index (χ1) is 12.7. The monoisotopic (exact) mass is 354 g/mol. The van der Waals surface area contributed by atoms with Crippen LogP contribution in [-0.4, -0.2) is 42.8 Å². The highest BCUT2D eigenvalue weighted by Crippen LogP contribution is 2.22. The van der Waals surface area contributed by atoms with E-state index in [0.29, 0.717) is 6.54 Å². The second kappa shape index (κ2) is 8.65. The van der Waals surface area contributed by atoms with E-state index in [-0.39, 0.29) is 11.8 Å². The van der Waals surface area contributed by atoms with Crippen LogP contribution in [0.1, 0.15) is 24.1 Å². The Hall–Kier alpha value is -2.63. The molecule has 1 fully saturated rings. The third-order valence-corrected chi connectivity index (χ3v) is 4.86. The average molecular weight is 354 g/mol. The quantitative estimate of drug-likeness (QED) is 0.863. The summed E-state index contributed by atoms with van der Waals surface area (Å²) in [5, 5.41) is 11.4. The van der Waals surface area contributed by atoms with Crippen molar-refractivity contribution in [1.82, 2.24) is 15.5 Å². The fraction of sp³-hybridized carbons (Fsp3) is 0.450. The zero-order chi connectivity index (χ0) is 18.4. The number of aromatic nitrogens is 2. The Bertz CT molecular complexity index is 725. The average Bonchev–Trinajstić information content (AvgIpc) is 2.69. The van der Waals surface area contributed by atoms with Gasteiger partial charge in [0.25, 0.3) is 0 Å². The van der Waals surface area contributed by atoms with Gasteiger partial charge in [-0.15, -0.1) is 5.10 Å². The molecule has 1 amide bonds. The first kappa shape index (κ1) is 18.2. The van der Waals surface area contributed by atoms with Crippen molar-refractivity contribution in [2.75, 3.05) is 31.6 Å². The minimum Gasteiger partial charge on any atom is -0.496 e. The smallest absolute Gasteiger partial charge is 0.223 e. The molecule has 2 aromatic rings. The molecule has 0 spiro atoms. The summed E-state index contributed by atoms with van der Waals surface area (Å²) in [5.41, 5.74) is 2.03. The van der Waals surface area contributed by atoms with E-state index >= 15 is 0 Å². The van der Waals surface area contributed by atoms with Crippen molar-refractivity contribution in [1.29, 1.82) is 0 Å². The Labute approximate surface area is 154 Å². The van der Waals surface area contributed by atoms with Gasteiger partial charge in [0.15, 0.2) is 5.82 Å². The third-order valence-electron chi connectivity index (χ3n) is 4.86. The number of benzene rings is 1. The van der Waals surface area contributed by atoms with Crippen LogP contribution in [0, 0.1) is 12.8 Å². The number of piperidine rings is 1. The van der Waals surface area contributed by atoms with Gasteiger partial charge >= 0.3 is 0 Å². The van der Waals surface area contributed by atoms with Crippen molar-refractivity contribution in [3.63, 3.8) is 0 Å². The standard InChI is InChI=1S/C20H26N4O2/c1-15-7-8-19(23-22-15)24-13-10-17(11-14-24)20(25)21-12-9-16-5-3-4-6-18(16)26-2/h3-8,17H,9-14H2,1-2H3,(H,21,25). The van der Waals surface area contributed by atoms with Gasteiger partial charge in [-0.1, -0.05) is 18.2 Å². The second-order valence-corrected chi connectivity index (χ2v) is 6.65. The van der Waals surface area contributed by atoms with Crippen molar-refractivity contribution >= 4 is 11.7 Å². The molecule has 26 heavy (non-hydrogen) atoms. The van der Waals surface area contributed by atoms with E-state index in [0.717, 1.165) is 55.2 Å². The topological polar surface area (TPSA) is 67.3 Å². The van der Waals surface area contributed by atoms with Gasteiger partial charge in [0.1, 0.15) is 5.75 Å². The van der Waals surface area contributed by atoms with Crippen LogP contribution in [-0.2, 0) is 11.2 Å². The summed E-state index contributed by atoms with van der Waals surface area (Å²) in [6, 6.07) is 11.9. The van der Waals surface area contributed by atoms with Gasteiger partial charge in [0.2, 0.25) is 5.91 Å². The van der Waals surface area contributed by atoms with Gasteiger partial charge in [0.05, 0.1) is 12.8 Å². The maximum absolute atomic E-state index is 12.4. The number of anilines is 1. The SMILES string of the molecule is COc1ccccc1CCNC(=O)C1CCN(c2ccc(C)nn2)CC1. The number of hydrogen-bond donors (Lipinski definition) is 1. The minimum atomic E-state index is 0.0716. The van der Waals surface area contributed by atoms with Crippen LogP contribution in [0.3, 0.4) is 0 Å². The highest BCUT2D eigenvalue weighted by atomic mass is 16.5. The number of ether oxygens (including phenoxy) is 1. The van der Waals surface area contributed by atoms with Crippen molar-refractivity contribution in [3.8, 4) is 5.75 Å². The molecular weight excluding hydrogens is 328 g/mol. The third kappa shape index (κ3) is 4.50. The molecule has 138 valence electrons. The summed E-state index contributed by atoms with van der Waals surface area (Å²) in [5.74, 6) is 1.98. The van der Waals surface area contributed by atoms with Crippen LogP contribution >= 0.6 is 0 Å². The Morgan fingerprint density at radius 2 is 1.96 bits per heavy atom. The first-order valence-electron chi connectivity index (χ1n) is 9.12. The number of amides is 1. The lowest BCUT2D eigenvalue weighted by Crippen LogP contribution is -2.41. The van der Waals surface area contributed by atoms with Gasteiger partial charge < -0.3 is 15.0 Å². The molecule has 0 saturated carbocycles. The Morgan fingerprint density at radius 1 is 1.19 bits per heavy atom. The van der Waals surface area contributed by atoms with E-state index in [4.69, 9.17) is 4.74 Å². The molecule has 6 heteroatoms. The van der Waals surface area contributed by atoms with Gasteiger partial charge in [-0.25, -0.2) is 0 Å². The number of rotatable bonds is 6. The van der Waals surface area contributed by atoms with Crippen LogP contribution in [0.15, 0.2) is 36.4 Å². The fourth-order valence-corrected chi connectivity index (χ4v) is 3.31. The Kier molecular flexibility index (Phi) is 6.04. The summed E-state index contributed by atoms with van der Waals surface area (Å²) in [6.45, 7) is 4.23. The first-order valence-corrected chi connectivity index (χ1v) is 9.12. The van der Waals surface area contributed by atoms with Crippen LogP contribution in [0.25, 0.3) is 0 Å². The maximum Gasteiger partial charge on any atom is 0.223 e. The number of nitrogens with zero attached hydrogens (tertiary/aromatic N) is 3. The number of carbonyl (C=O) groups excluding carboxylic acids is 1. The van der Waals surface area contributed by atoms with Gasteiger partial charge in [-0.2, -0.15) is 5.10 Å². The normalized spacial score (nSPS) is 14.9. The molecule has 1 N–H and O–H groups in total. The lowest BCUT2D eigenvalue weighted by molar-refractivity contribution is -0.125. The molecule has 1 saturated heterocycles. The molecular formula is C20H26N4O2. The Balaban J connectivity index is 1.44. The van der Waals surface area contributed by atoms with Crippen molar-refractivity contribution in [3.05, 3.63) is 47.7 Å². The molecule has 0 aliphatic carbocycles. The van der Waals surface area contributed by atoms with E-state index in [9.17, 15) is 4.79 Å². The number of carbonyl (C=O) groups is 1.